The standard InChI is InChI=1S/C4H10O5S3.Na/c1-11(5,6)10-3-2-4-12(7,8)9;/h2-4H2,1H3,(H,7,8,9);. The fraction of sp³-hybridized carbons (Fsp3) is 1.00. The molecule has 75 valence electrons. The first-order valence-corrected chi connectivity index (χ1v) is 8.00. The van der Waals surface area contributed by atoms with E-state index in [1.807, 2.05) is 0 Å². The van der Waals surface area contributed by atoms with Gasteiger partial charge in [0.15, 0.2) is 8.87 Å². The second-order valence-electron chi connectivity index (χ2n) is 2.17. The molecule has 0 aromatic heterocycles. The van der Waals surface area contributed by atoms with E-state index < -0.39 is 24.7 Å². The zero-order valence-corrected chi connectivity index (χ0v) is 11.9. The van der Waals surface area contributed by atoms with Crippen LogP contribution in [0.25, 0.3) is 0 Å². The Kier molecular flexibility index (Phi) is 8.51. The molecule has 0 spiro atoms. The third-order valence-electron chi connectivity index (χ3n) is 0.844. The third kappa shape index (κ3) is 15.9. The van der Waals surface area contributed by atoms with Crippen molar-refractivity contribution in [2.75, 3.05) is 17.8 Å². The van der Waals surface area contributed by atoms with Crippen molar-refractivity contribution in [2.45, 2.75) is 6.42 Å². The molecule has 0 aliphatic heterocycles. The van der Waals surface area contributed by atoms with E-state index in [0.717, 1.165) is 6.26 Å². The summed E-state index contributed by atoms with van der Waals surface area (Å²) >= 11 is 0. The molecule has 0 aliphatic rings. The van der Waals surface area contributed by atoms with Crippen molar-refractivity contribution in [3.05, 3.63) is 0 Å². The van der Waals surface area contributed by atoms with Crippen LogP contribution in [0.2, 0.25) is 0 Å². The monoisotopic (exact) mass is 257 g/mol. The summed E-state index contributed by atoms with van der Waals surface area (Å²) in [5, 5.41) is 0. The minimum atomic E-state index is -3.95. The summed E-state index contributed by atoms with van der Waals surface area (Å²) in [6.45, 7) is 0. The van der Waals surface area contributed by atoms with E-state index in [1.165, 1.54) is 0 Å². The quantitative estimate of drug-likeness (QED) is 0.311. The van der Waals surface area contributed by atoms with Crippen LogP contribution in [0.15, 0.2) is 0 Å². The molecule has 1 radical (unpaired) electrons. The molecule has 1 N–H and O–H groups in total. The maximum Gasteiger partial charge on any atom is 0.264 e. The molecule has 0 aliphatic carbocycles. The van der Waals surface area contributed by atoms with Crippen molar-refractivity contribution in [1.82, 2.24) is 0 Å². The Balaban J connectivity index is 0. The first-order chi connectivity index (χ1) is 5.21. The van der Waals surface area contributed by atoms with Gasteiger partial charge < -0.3 is 0 Å². The summed E-state index contributed by atoms with van der Waals surface area (Å²) < 4.78 is 49.6. The van der Waals surface area contributed by atoms with Crippen molar-refractivity contribution < 1.29 is 21.4 Å². The van der Waals surface area contributed by atoms with Gasteiger partial charge in [-0.2, -0.15) is 8.42 Å². The van der Waals surface area contributed by atoms with Crippen molar-refractivity contribution in [1.29, 1.82) is 0 Å². The number of rotatable bonds is 5. The van der Waals surface area contributed by atoms with Crippen LogP contribution in [0.5, 0.6) is 0 Å². The minimum Gasteiger partial charge on any atom is -0.286 e. The van der Waals surface area contributed by atoms with Gasteiger partial charge in [0, 0.05) is 41.6 Å². The summed E-state index contributed by atoms with van der Waals surface area (Å²) in [5.41, 5.74) is 0. The Labute approximate surface area is 104 Å². The molecule has 0 rings (SSSR count). The summed E-state index contributed by atoms with van der Waals surface area (Å²) in [7, 11) is -6.38. The molecular formula is C4H10NaO5S3. The van der Waals surface area contributed by atoms with Gasteiger partial charge >= 0.3 is 0 Å². The van der Waals surface area contributed by atoms with Crippen LogP contribution in [0.3, 0.4) is 0 Å². The van der Waals surface area contributed by atoms with Gasteiger partial charge in [0.05, 0.1) is 5.75 Å². The SMILES string of the molecule is CS(=O)(=O)SCCCS(=O)(=O)O.[Na]. The summed E-state index contributed by atoms with van der Waals surface area (Å²) in [5.74, 6) is -0.214. The van der Waals surface area contributed by atoms with Gasteiger partial charge in [-0.15, -0.1) is 0 Å². The molecule has 9 heteroatoms. The van der Waals surface area contributed by atoms with Gasteiger partial charge in [-0.3, -0.25) is 4.55 Å². The van der Waals surface area contributed by atoms with Crippen LogP contribution in [0.1, 0.15) is 6.42 Å². The average molecular weight is 257 g/mol. The van der Waals surface area contributed by atoms with E-state index >= 15 is 0 Å². The Bertz CT molecular complexity index is 284. The molecule has 0 aromatic carbocycles. The first-order valence-electron chi connectivity index (χ1n) is 3.00. The molecule has 5 nitrogen and oxygen atoms in total. The van der Waals surface area contributed by atoms with E-state index in [-0.39, 0.29) is 41.7 Å². The predicted molar refractivity (Wildman–Crippen MR) is 54.1 cm³/mol. The second kappa shape index (κ2) is 6.65. The van der Waals surface area contributed by atoms with Gasteiger partial charge in [-0.1, -0.05) is 0 Å². The minimum absolute atomic E-state index is 0. The van der Waals surface area contributed by atoms with Gasteiger partial charge in [0.25, 0.3) is 10.1 Å². The Morgan fingerprint density at radius 3 is 2.00 bits per heavy atom. The molecule has 0 saturated heterocycles. The fourth-order valence-electron chi connectivity index (χ4n) is 0.452. The maximum atomic E-state index is 10.5. The summed E-state index contributed by atoms with van der Waals surface area (Å²) in [4.78, 5) is 0. The largest absolute Gasteiger partial charge is 0.286 e. The van der Waals surface area contributed by atoms with E-state index in [1.54, 1.807) is 0 Å². The van der Waals surface area contributed by atoms with Gasteiger partial charge in [-0.25, -0.2) is 8.42 Å². The maximum absolute atomic E-state index is 10.5. The van der Waals surface area contributed by atoms with Gasteiger partial charge in [0.1, 0.15) is 0 Å². The average Bonchev–Trinajstić information content (AvgIpc) is 1.76. The Morgan fingerprint density at radius 2 is 1.69 bits per heavy atom. The summed E-state index contributed by atoms with van der Waals surface area (Å²) in [6.07, 6.45) is 1.18. The number of hydrogen-bond donors (Lipinski definition) is 1. The van der Waals surface area contributed by atoms with Crippen molar-refractivity contribution in [3.63, 3.8) is 0 Å². The van der Waals surface area contributed by atoms with E-state index in [2.05, 4.69) is 0 Å². The van der Waals surface area contributed by atoms with Crippen LogP contribution in [-0.4, -0.2) is 68.7 Å². The van der Waals surface area contributed by atoms with Crippen molar-refractivity contribution in [3.8, 4) is 0 Å². The molecule has 0 saturated carbocycles. The van der Waals surface area contributed by atoms with Crippen molar-refractivity contribution in [2.24, 2.45) is 0 Å². The first kappa shape index (κ1) is 16.6. The van der Waals surface area contributed by atoms with Gasteiger partial charge in [-0.05, 0) is 17.2 Å². The molecule has 0 aromatic rings. The third-order valence-corrected chi connectivity index (χ3v) is 4.32. The van der Waals surface area contributed by atoms with E-state index in [9.17, 15) is 16.8 Å². The van der Waals surface area contributed by atoms with E-state index in [0.29, 0.717) is 10.8 Å². The van der Waals surface area contributed by atoms with E-state index in [4.69, 9.17) is 4.55 Å². The van der Waals surface area contributed by atoms with Gasteiger partial charge in [0.2, 0.25) is 0 Å². The molecule has 0 unspecified atom stereocenters. The van der Waals surface area contributed by atoms with Crippen LogP contribution in [-0.2, 0) is 19.0 Å². The molecule has 0 fully saturated rings. The number of hydrogen-bond acceptors (Lipinski definition) is 5. The van der Waals surface area contributed by atoms with Crippen molar-refractivity contribution >= 4 is 59.3 Å². The van der Waals surface area contributed by atoms with Crippen LogP contribution >= 0.6 is 10.8 Å². The zero-order chi connectivity index (χ0) is 9.83. The summed E-state index contributed by atoms with van der Waals surface area (Å²) in [6, 6.07) is 0. The van der Waals surface area contributed by atoms with Crippen LogP contribution < -0.4 is 0 Å². The smallest absolute Gasteiger partial charge is 0.264 e. The zero-order valence-electron chi connectivity index (χ0n) is 7.43. The molecule has 0 atom stereocenters. The Hall–Kier alpha value is 1.21. The van der Waals surface area contributed by atoms with Crippen LogP contribution in [0, 0.1) is 0 Å². The normalized spacial score (nSPS) is 12.2. The Morgan fingerprint density at radius 1 is 1.23 bits per heavy atom. The molecular weight excluding hydrogens is 247 g/mol. The molecule has 0 heterocycles. The second-order valence-corrected chi connectivity index (χ2v) is 8.31. The van der Waals surface area contributed by atoms with Crippen LogP contribution in [0.4, 0.5) is 0 Å². The predicted octanol–water partition coefficient (Wildman–Crippen LogP) is -0.424. The molecule has 0 bridgehead atoms. The fourth-order valence-corrected chi connectivity index (χ4v) is 2.97. The molecule has 0 amide bonds. The molecule has 13 heavy (non-hydrogen) atoms. The topological polar surface area (TPSA) is 88.5 Å².